The number of hydrogen-bond donors (Lipinski definition) is 1. The summed E-state index contributed by atoms with van der Waals surface area (Å²) in [4.78, 5) is 38.0. The van der Waals surface area contributed by atoms with Gasteiger partial charge in [0.25, 0.3) is 0 Å². The van der Waals surface area contributed by atoms with Crippen LogP contribution in [0.1, 0.15) is 53.4 Å². The molecule has 4 aliphatic carbocycles. The lowest BCUT2D eigenvalue weighted by Gasteiger charge is -2.63. The normalized spacial score (nSPS) is 45.9. The summed E-state index contributed by atoms with van der Waals surface area (Å²) < 4.78 is 44.0. The summed E-state index contributed by atoms with van der Waals surface area (Å²) in [5.74, 6) is -1.89. The fourth-order valence-electron chi connectivity index (χ4n) is 7.68. The van der Waals surface area contributed by atoms with E-state index in [9.17, 15) is 19.5 Å². The smallest absolute Gasteiger partial charge is 0.352 e. The molecule has 0 bridgehead atoms. The van der Waals surface area contributed by atoms with E-state index >= 15 is 8.78 Å². The zero-order chi connectivity index (χ0) is 26.0. The Morgan fingerprint density at radius 1 is 1.29 bits per heavy atom. The average molecular weight is 491 g/mol. The molecule has 0 amide bonds. The van der Waals surface area contributed by atoms with Crippen LogP contribution in [0.25, 0.3) is 0 Å². The van der Waals surface area contributed by atoms with Gasteiger partial charge in [0, 0.05) is 29.1 Å². The number of carbonyl (C=O) groups is 3. The topological polar surface area (TPSA) is 89.9 Å². The third kappa shape index (κ3) is 3.13. The number of rotatable bonds is 4. The number of halogens is 2. The van der Waals surface area contributed by atoms with Crippen LogP contribution in [0.4, 0.5) is 8.78 Å². The number of carbonyl (C=O) groups excluding carboxylic acids is 3. The van der Waals surface area contributed by atoms with Crippen molar-refractivity contribution < 1.29 is 37.7 Å². The van der Waals surface area contributed by atoms with Gasteiger partial charge < -0.3 is 14.6 Å². The maximum absolute atomic E-state index is 17.3. The first-order valence-corrected chi connectivity index (χ1v) is 12.1. The second kappa shape index (κ2) is 8.26. The first-order valence-electron chi connectivity index (χ1n) is 12.1. The lowest BCUT2D eigenvalue weighted by Crippen LogP contribution is -2.71. The molecule has 0 saturated heterocycles. The Hall–Kier alpha value is -2.53. The van der Waals surface area contributed by atoms with Crippen LogP contribution in [0.15, 0.2) is 23.8 Å². The van der Waals surface area contributed by atoms with Gasteiger partial charge >= 0.3 is 11.9 Å². The summed E-state index contributed by atoms with van der Waals surface area (Å²) in [5.41, 5.74) is -6.87. The Morgan fingerprint density at radius 2 is 1.97 bits per heavy atom. The van der Waals surface area contributed by atoms with E-state index in [1.54, 1.807) is 20.8 Å². The van der Waals surface area contributed by atoms with Crippen molar-refractivity contribution in [1.29, 1.82) is 0 Å². The van der Waals surface area contributed by atoms with E-state index in [2.05, 4.69) is 5.92 Å². The van der Waals surface area contributed by atoms with Crippen LogP contribution in [-0.4, -0.2) is 53.0 Å². The number of ketones is 1. The van der Waals surface area contributed by atoms with Gasteiger partial charge in [-0.25, -0.2) is 13.6 Å². The molecule has 0 aliphatic heterocycles. The standard InChI is InChI=1S/C27H32F2O6/c1-6-10-34-23(33)27(35-22(32)7-2)15(3)11-17-18-13-20(28)19-12-16(30)8-9-24(19,4)26(18,29)21(31)14-25(17,27)5/h1,8-9,12,15,17-18,20-21,31H,7,10-11,13-14H2,2-5H3/t15-,17+,18+,20+,21+,24+,25+,26+,27+/m1/s1. The first kappa shape index (κ1) is 25.6. The predicted molar refractivity (Wildman–Crippen MR) is 122 cm³/mol. The number of ether oxygens (including phenoxy) is 2. The van der Waals surface area contributed by atoms with Crippen molar-refractivity contribution in [1.82, 2.24) is 0 Å². The van der Waals surface area contributed by atoms with Gasteiger partial charge in [-0.1, -0.05) is 32.8 Å². The predicted octanol–water partition coefficient (Wildman–Crippen LogP) is 3.42. The minimum Gasteiger partial charge on any atom is -0.450 e. The van der Waals surface area contributed by atoms with Crippen LogP contribution in [0.3, 0.4) is 0 Å². The van der Waals surface area contributed by atoms with Crippen LogP contribution in [0, 0.1) is 40.9 Å². The van der Waals surface area contributed by atoms with Crippen LogP contribution >= 0.6 is 0 Å². The number of alkyl halides is 2. The number of esters is 2. The van der Waals surface area contributed by atoms with Gasteiger partial charge in [-0.3, -0.25) is 9.59 Å². The van der Waals surface area contributed by atoms with Gasteiger partial charge in [0.1, 0.15) is 6.17 Å². The van der Waals surface area contributed by atoms with E-state index < -0.39 is 69.9 Å². The summed E-state index contributed by atoms with van der Waals surface area (Å²) in [5, 5.41) is 11.4. The largest absolute Gasteiger partial charge is 0.450 e. The molecule has 0 heterocycles. The molecule has 3 saturated carbocycles. The fraction of sp³-hybridized carbons (Fsp3) is 0.667. The average Bonchev–Trinajstić information content (AvgIpc) is 3.02. The van der Waals surface area contributed by atoms with Crippen LogP contribution < -0.4 is 0 Å². The van der Waals surface area contributed by atoms with Crippen molar-refractivity contribution in [3.8, 4) is 12.3 Å². The van der Waals surface area contributed by atoms with Crippen molar-refractivity contribution in [2.75, 3.05) is 6.61 Å². The number of allylic oxidation sites excluding steroid dienone is 4. The number of fused-ring (bicyclic) bond motifs is 5. The lowest BCUT2D eigenvalue weighted by atomic mass is 9.44. The quantitative estimate of drug-likeness (QED) is 0.480. The van der Waals surface area contributed by atoms with Crippen molar-refractivity contribution in [2.24, 2.45) is 28.6 Å². The van der Waals surface area contributed by atoms with E-state index in [1.807, 2.05) is 0 Å². The van der Waals surface area contributed by atoms with Gasteiger partial charge in [0.05, 0.1) is 6.10 Å². The Kier molecular flexibility index (Phi) is 6.03. The fourth-order valence-corrected chi connectivity index (χ4v) is 7.68. The van der Waals surface area contributed by atoms with Crippen LogP contribution in [-0.2, 0) is 23.9 Å². The van der Waals surface area contributed by atoms with Crippen LogP contribution in [0.2, 0.25) is 0 Å². The monoisotopic (exact) mass is 490 g/mol. The minimum atomic E-state index is -2.30. The zero-order valence-corrected chi connectivity index (χ0v) is 20.5. The molecule has 9 atom stereocenters. The summed E-state index contributed by atoms with van der Waals surface area (Å²) in [7, 11) is 0. The van der Waals surface area contributed by atoms with E-state index in [1.165, 1.54) is 19.1 Å². The zero-order valence-electron chi connectivity index (χ0n) is 20.5. The molecule has 8 heteroatoms. The summed E-state index contributed by atoms with van der Waals surface area (Å²) >= 11 is 0. The summed E-state index contributed by atoms with van der Waals surface area (Å²) in [6.45, 7) is 6.17. The highest BCUT2D eigenvalue weighted by Crippen LogP contribution is 2.71. The molecule has 6 nitrogen and oxygen atoms in total. The highest BCUT2D eigenvalue weighted by atomic mass is 19.1. The van der Waals surface area contributed by atoms with Crippen molar-refractivity contribution in [2.45, 2.75) is 76.9 Å². The molecule has 4 rings (SSSR count). The molecule has 0 aromatic heterocycles. The number of aliphatic hydroxyl groups excluding tert-OH is 1. The molecule has 1 N–H and O–H groups in total. The number of terminal acetylenes is 1. The van der Waals surface area contributed by atoms with Crippen molar-refractivity contribution in [3.63, 3.8) is 0 Å². The molecule has 0 aromatic rings. The maximum atomic E-state index is 17.3. The first-order chi connectivity index (χ1) is 16.3. The number of aliphatic hydroxyl groups is 1. The maximum Gasteiger partial charge on any atom is 0.352 e. The second-order valence-electron chi connectivity index (χ2n) is 10.8. The molecule has 35 heavy (non-hydrogen) atoms. The highest BCUT2D eigenvalue weighted by Gasteiger charge is 2.78. The Bertz CT molecular complexity index is 1060. The van der Waals surface area contributed by atoms with Gasteiger partial charge in [-0.15, -0.1) is 6.42 Å². The van der Waals surface area contributed by atoms with E-state index in [4.69, 9.17) is 15.9 Å². The molecule has 4 aliphatic rings. The minimum absolute atomic E-state index is 0.00569. The lowest BCUT2D eigenvalue weighted by molar-refractivity contribution is -0.238. The molecule has 0 spiro atoms. The molecular weight excluding hydrogens is 458 g/mol. The molecule has 0 radical (unpaired) electrons. The van der Waals surface area contributed by atoms with Crippen molar-refractivity contribution >= 4 is 17.7 Å². The van der Waals surface area contributed by atoms with Gasteiger partial charge in [-0.05, 0) is 49.8 Å². The van der Waals surface area contributed by atoms with E-state index in [0.29, 0.717) is 0 Å². The molecular formula is C27H32F2O6. The third-order valence-corrected chi connectivity index (χ3v) is 9.32. The van der Waals surface area contributed by atoms with E-state index in [-0.39, 0.29) is 37.9 Å². The summed E-state index contributed by atoms with van der Waals surface area (Å²) in [6.07, 6.45) is 5.51. The second-order valence-corrected chi connectivity index (χ2v) is 10.8. The van der Waals surface area contributed by atoms with E-state index in [0.717, 1.165) is 6.08 Å². The number of hydrogen-bond acceptors (Lipinski definition) is 6. The van der Waals surface area contributed by atoms with Gasteiger partial charge in [0.2, 0.25) is 5.60 Å². The van der Waals surface area contributed by atoms with Crippen LogP contribution in [0.5, 0.6) is 0 Å². The van der Waals surface area contributed by atoms with Gasteiger partial charge in [0.15, 0.2) is 18.1 Å². The molecule has 0 aromatic carbocycles. The SMILES string of the molecule is C#CCOC(=O)[C@@]1(OC(=O)CC)[C@H](C)C[C@H]2[C@@H]3C[C@H](F)C4=CC(=O)C=C[C@]4(C)[C@@]3(F)[C@@H](O)C[C@@]21C. The Balaban J connectivity index is 1.86. The highest BCUT2D eigenvalue weighted by molar-refractivity contribution is 6.01. The Labute approximate surface area is 204 Å². The Morgan fingerprint density at radius 3 is 2.60 bits per heavy atom. The molecule has 3 fully saturated rings. The summed E-state index contributed by atoms with van der Waals surface area (Å²) in [6, 6.07) is 0. The third-order valence-electron chi connectivity index (χ3n) is 9.32. The molecule has 0 unspecified atom stereocenters. The van der Waals surface area contributed by atoms with Crippen molar-refractivity contribution in [3.05, 3.63) is 23.8 Å². The molecule has 190 valence electrons. The van der Waals surface area contributed by atoms with Gasteiger partial charge in [-0.2, -0.15) is 0 Å².